The lowest BCUT2D eigenvalue weighted by Crippen LogP contribution is -2.07. The summed E-state index contributed by atoms with van der Waals surface area (Å²) < 4.78 is 0. The Labute approximate surface area is 90.4 Å². The van der Waals surface area contributed by atoms with E-state index in [4.69, 9.17) is 0 Å². The molecule has 1 N–H and O–H groups in total. The van der Waals surface area contributed by atoms with Crippen LogP contribution in [-0.2, 0) is 0 Å². The predicted octanol–water partition coefficient (Wildman–Crippen LogP) is 0.959. The Kier molecular flexibility index (Phi) is 2.51. The summed E-state index contributed by atoms with van der Waals surface area (Å²) in [6.07, 6.45) is 1.61. The zero-order valence-electron chi connectivity index (χ0n) is 8.39. The maximum absolute atomic E-state index is 11.1. The van der Waals surface area contributed by atoms with Gasteiger partial charge in [-0.2, -0.15) is 0 Å². The van der Waals surface area contributed by atoms with Crippen molar-refractivity contribution in [2.45, 2.75) is 0 Å². The fraction of sp³-hybridized carbons (Fsp3) is 0.222. The normalized spacial score (nSPS) is 10.3. The third-order valence-corrected chi connectivity index (χ3v) is 2.92. The largest absolute Gasteiger partial charge is 0.359 e. The second-order valence-electron chi connectivity index (χ2n) is 3.22. The third-order valence-electron chi connectivity index (χ3n) is 1.80. The highest BCUT2D eigenvalue weighted by Gasteiger charge is 2.08. The molecule has 2 rings (SSSR count). The highest BCUT2D eigenvalue weighted by atomic mass is 32.1. The van der Waals surface area contributed by atoms with Crippen molar-refractivity contribution in [1.82, 2.24) is 15.2 Å². The number of rotatable bonds is 2. The summed E-state index contributed by atoms with van der Waals surface area (Å²) in [5.41, 5.74) is 0.665. The van der Waals surface area contributed by atoms with Crippen molar-refractivity contribution >= 4 is 16.5 Å². The lowest BCUT2D eigenvalue weighted by molar-refractivity contribution is 1.02. The van der Waals surface area contributed by atoms with Crippen LogP contribution in [0.1, 0.15) is 0 Å². The Hall–Kier alpha value is -1.69. The fourth-order valence-electron chi connectivity index (χ4n) is 1.07. The highest BCUT2D eigenvalue weighted by molar-refractivity contribution is 7.18. The van der Waals surface area contributed by atoms with E-state index in [2.05, 4.69) is 15.2 Å². The molecular formula is C9H10N4OS. The number of nitrogens with one attached hydrogen (secondary N) is 1. The van der Waals surface area contributed by atoms with E-state index in [9.17, 15) is 4.79 Å². The molecule has 0 amide bonds. The number of aromatic nitrogens is 3. The first-order chi connectivity index (χ1) is 7.16. The summed E-state index contributed by atoms with van der Waals surface area (Å²) in [6, 6.07) is 2.98. The van der Waals surface area contributed by atoms with Gasteiger partial charge in [-0.1, -0.05) is 11.3 Å². The molecule has 0 spiro atoms. The topological polar surface area (TPSA) is 61.9 Å². The molecular weight excluding hydrogens is 212 g/mol. The second-order valence-corrected chi connectivity index (χ2v) is 4.18. The maximum atomic E-state index is 11.1. The molecule has 0 fully saturated rings. The van der Waals surface area contributed by atoms with Crippen molar-refractivity contribution in [3.05, 3.63) is 28.6 Å². The maximum Gasteiger partial charge on any atom is 0.208 e. The molecule has 0 unspecified atom stereocenters. The molecule has 0 aliphatic carbocycles. The van der Waals surface area contributed by atoms with Gasteiger partial charge in [0.2, 0.25) is 5.13 Å². The minimum Gasteiger partial charge on any atom is -0.359 e. The van der Waals surface area contributed by atoms with Crippen LogP contribution >= 0.6 is 11.3 Å². The predicted molar refractivity (Wildman–Crippen MR) is 60.3 cm³/mol. The molecule has 2 aromatic rings. The third kappa shape index (κ3) is 2.04. The zero-order valence-corrected chi connectivity index (χ0v) is 9.21. The first-order valence-electron chi connectivity index (χ1n) is 4.37. The lowest BCUT2D eigenvalue weighted by atomic mass is 10.3. The van der Waals surface area contributed by atoms with Gasteiger partial charge >= 0.3 is 0 Å². The van der Waals surface area contributed by atoms with Crippen LogP contribution in [0.2, 0.25) is 0 Å². The summed E-state index contributed by atoms with van der Waals surface area (Å²) in [7, 11) is 3.80. The Morgan fingerprint density at radius 1 is 1.40 bits per heavy atom. The molecule has 2 heterocycles. The standard InChI is InChI=1S/C9H10N4OS/c1-13(2)9-12-11-8(15-9)7-5-6(14)3-4-10-7/h3-5H,1-2H3,(H,10,14). The minimum atomic E-state index is -0.0367. The van der Waals surface area contributed by atoms with Crippen molar-refractivity contribution in [2.24, 2.45) is 0 Å². The van der Waals surface area contributed by atoms with Gasteiger partial charge in [-0.3, -0.25) is 4.79 Å². The minimum absolute atomic E-state index is 0.0367. The van der Waals surface area contributed by atoms with Crippen molar-refractivity contribution in [3.8, 4) is 10.7 Å². The smallest absolute Gasteiger partial charge is 0.208 e. The van der Waals surface area contributed by atoms with E-state index < -0.39 is 0 Å². The molecule has 5 nitrogen and oxygen atoms in total. The Balaban J connectivity index is 2.41. The van der Waals surface area contributed by atoms with Crippen molar-refractivity contribution in [3.63, 3.8) is 0 Å². The molecule has 0 radical (unpaired) electrons. The monoisotopic (exact) mass is 222 g/mol. The van der Waals surface area contributed by atoms with Crippen LogP contribution in [0.25, 0.3) is 10.7 Å². The van der Waals surface area contributed by atoms with Crippen LogP contribution in [-0.4, -0.2) is 29.3 Å². The summed E-state index contributed by atoms with van der Waals surface area (Å²) in [4.78, 5) is 16.0. The number of nitrogens with zero attached hydrogens (tertiary/aromatic N) is 3. The SMILES string of the molecule is CN(C)c1nnc(-c2cc(=O)cc[nH]2)s1. The molecule has 0 bridgehead atoms. The molecule has 0 saturated heterocycles. The fourth-order valence-corrected chi connectivity index (χ4v) is 1.82. The van der Waals surface area contributed by atoms with E-state index in [-0.39, 0.29) is 5.43 Å². The van der Waals surface area contributed by atoms with E-state index >= 15 is 0 Å². The Bertz CT molecular complexity index is 517. The summed E-state index contributed by atoms with van der Waals surface area (Å²) in [5.74, 6) is 0. The number of hydrogen-bond donors (Lipinski definition) is 1. The molecule has 0 aliphatic heterocycles. The summed E-state index contributed by atoms with van der Waals surface area (Å²) in [5, 5.41) is 9.53. The molecule has 0 aromatic carbocycles. The van der Waals surface area contributed by atoms with Crippen LogP contribution in [0.3, 0.4) is 0 Å². The van der Waals surface area contributed by atoms with Gasteiger partial charge in [-0.05, 0) is 0 Å². The molecule has 0 saturated carbocycles. The van der Waals surface area contributed by atoms with E-state index in [0.717, 1.165) is 10.1 Å². The van der Waals surface area contributed by atoms with E-state index in [0.29, 0.717) is 5.69 Å². The van der Waals surface area contributed by atoms with Gasteiger partial charge in [0.1, 0.15) is 0 Å². The quantitative estimate of drug-likeness (QED) is 0.822. The van der Waals surface area contributed by atoms with Crippen LogP contribution < -0.4 is 10.3 Å². The van der Waals surface area contributed by atoms with Crippen LogP contribution in [0, 0.1) is 0 Å². The Morgan fingerprint density at radius 3 is 2.80 bits per heavy atom. The van der Waals surface area contributed by atoms with E-state index in [1.807, 2.05) is 19.0 Å². The number of H-pyrrole nitrogens is 1. The van der Waals surface area contributed by atoms with Crippen molar-refractivity contribution in [1.29, 1.82) is 0 Å². The highest BCUT2D eigenvalue weighted by Crippen LogP contribution is 2.24. The van der Waals surface area contributed by atoms with Crippen LogP contribution in [0.5, 0.6) is 0 Å². The van der Waals surface area contributed by atoms with Gasteiger partial charge in [0.25, 0.3) is 0 Å². The van der Waals surface area contributed by atoms with Gasteiger partial charge < -0.3 is 9.88 Å². The number of anilines is 1. The molecule has 2 aromatic heterocycles. The average Bonchev–Trinajstić information content (AvgIpc) is 2.66. The van der Waals surface area contributed by atoms with Crippen LogP contribution in [0.4, 0.5) is 5.13 Å². The second kappa shape index (κ2) is 3.82. The average molecular weight is 222 g/mol. The van der Waals surface area contributed by atoms with Gasteiger partial charge in [-0.25, -0.2) is 0 Å². The van der Waals surface area contributed by atoms with E-state index in [1.54, 1.807) is 6.20 Å². The molecule has 78 valence electrons. The van der Waals surface area contributed by atoms with Gasteiger partial charge in [0, 0.05) is 32.4 Å². The summed E-state index contributed by atoms with van der Waals surface area (Å²) in [6.45, 7) is 0. The molecule has 6 heteroatoms. The van der Waals surface area contributed by atoms with Gasteiger partial charge in [0.05, 0.1) is 5.69 Å². The van der Waals surface area contributed by atoms with Crippen molar-refractivity contribution in [2.75, 3.05) is 19.0 Å². The molecule has 15 heavy (non-hydrogen) atoms. The van der Waals surface area contributed by atoms with Crippen molar-refractivity contribution < 1.29 is 0 Å². The summed E-state index contributed by atoms with van der Waals surface area (Å²) >= 11 is 1.44. The zero-order chi connectivity index (χ0) is 10.8. The molecule has 0 atom stereocenters. The first-order valence-corrected chi connectivity index (χ1v) is 5.18. The number of aromatic amines is 1. The Morgan fingerprint density at radius 2 is 2.20 bits per heavy atom. The van der Waals surface area contributed by atoms with Gasteiger partial charge in [-0.15, -0.1) is 10.2 Å². The number of hydrogen-bond acceptors (Lipinski definition) is 5. The number of pyridine rings is 1. The first kappa shape index (κ1) is 9.85. The molecule has 0 aliphatic rings. The van der Waals surface area contributed by atoms with Gasteiger partial charge in [0.15, 0.2) is 10.4 Å². The van der Waals surface area contributed by atoms with Crippen LogP contribution in [0.15, 0.2) is 23.1 Å². The van der Waals surface area contributed by atoms with E-state index in [1.165, 1.54) is 23.5 Å². The lowest BCUT2D eigenvalue weighted by Gasteiger charge is -2.03.